The molecule has 166 valence electrons. The molecule has 0 aliphatic carbocycles. The first-order valence-electron chi connectivity index (χ1n) is 10.9. The van der Waals surface area contributed by atoms with Gasteiger partial charge in [0.1, 0.15) is 11.5 Å². The Hall–Kier alpha value is -2.48. The molecule has 30 heavy (non-hydrogen) atoms. The lowest BCUT2D eigenvalue weighted by molar-refractivity contribution is 0.377. The number of allylic oxidation sites excluding steroid dienone is 2. The Bertz CT molecular complexity index is 703. The summed E-state index contributed by atoms with van der Waals surface area (Å²) < 4.78 is 10.5. The third-order valence-electron chi connectivity index (χ3n) is 4.64. The highest BCUT2D eigenvalue weighted by Crippen LogP contribution is 2.25. The second-order valence-corrected chi connectivity index (χ2v) is 7.63. The van der Waals surface area contributed by atoms with E-state index < -0.39 is 0 Å². The van der Waals surface area contributed by atoms with Crippen molar-refractivity contribution >= 4 is 0 Å². The second kappa shape index (κ2) is 17.4. The van der Waals surface area contributed by atoms with Gasteiger partial charge >= 0.3 is 0 Å². The van der Waals surface area contributed by atoms with Crippen LogP contribution in [0.2, 0.25) is 0 Å². The molecular weight excluding hydrogens is 368 g/mol. The normalized spacial score (nSPS) is 10.6. The second-order valence-electron chi connectivity index (χ2n) is 7.63. The van der Waals surface area contributed by atoms with Crippen molar-refractivity contribution in [3.63, 3.8) is 0 Å². The van der Waals surface area contributed by atoms with Crippen LogP contribution in [0.4, 0.5) is 0 Å². The van der Waals surface area contributed by atoms with Crippen LogP contribution >= 0.6 is 0 Å². The van der Waals surface area contributed by atoms with Crippen molar-refractivity contribution in [1.29, 1.82) is 0 Å². The Morgan fingerprint density at radius 2 is 1.33 bits per heavy atom. The first kappa shape index (κ1) is 27.5. The van der Waals surface area contributed by atoms with Crippen LogP contribution in [0.3, 0.4) is 0 Å². The molecule has 0 radical (unpaired) electrons. The van der Waals surface area contributed by atoms with Gasteiger partial charge in [-0.15, -0.1) is 13.2 Å². The molecule has 0 saturated heterocycles. The van der Waals surface area contributed by atoms with Crippen LogP contribution in [0.5, 0.6) is 11.5 Å². The minimum Gasteiger partial charge on any atom is -0.496 e. The summed E-state index contributed by atoms with van der Waals surface area (Å²) in [4.78, 5) is 0. The van der Waals surface area contributed by atoms with Gasteiger partial charge in [0.15, 0.2) is 0 Å². The summed E-state index contributed by atoms with van der Waals surface area (Å²) in [6.45, 7) is 15.8. The van der Waals surface area contributed by atoms with Crippen molar-refractivity contribution in [3.8, 4) is 11.5 Å². The van der Waals surface area contributed by atoms with Gasteiger partial charge < -0.3 is 9.47 Å². The van der Waals surface area contributed by atoms with Gasteiger partial charge in [0.25, 0.3) is 0 Å². The molecule has 0 amide bonds. The minimum absolute atomic E-state index is 0.774. The summed E-state index contributed by atoms with van der Waals surface area (Å²) in [7, 11) is 3.43. The molecule has 0 fully saturated rings. The summed E-state index contributed by atoms with van der Waals surface area (Å²) in [6.07, 6.45) is 8.17. The summed E-state index contributed by atoms with van der Waals surface area (Å²) >= 11 is 0. The van der Waals surface area contributed by atoms with Gasteiger partial charge in [-0.1, -0.05) is 75.7 Å². The van der Waals surface area contributed by atoms with Crippen LogP contribution in [0.15, 0.2) is 73.8 Å². The highest BCUT2D eigenvalue weighted by atomic mass is 16.5. The van der Waals surface area contributed by atoms with Crippen LogP contribution in [0.25, 0.3) is 0 Å². The van der Waals surface area contributed by atoms with Gasteiger partial charge in [0, 0.05) is 0 Å². The highest BCUT2D eigenvalue weighted by molar-refractivity contribution is 5.34. The molecule has 0 N–H and O–H groups in total. The maximum Gasteiger partial charge on any atom is 0.122 e. The first-order valence-corrected chi connectivity index (χ1v) is 10.9. The fraction of sp³-hybridized carbons (Fsp3) is 0.429. The van der Waals surface area contributed by atoms with Crippen LogP contribution < -0.4 is 9.47 Å². The average molecular weight is 411 g/mol. The van der Waals surface area contributed by atoms with E-state index in [0.29, 0.717) is 0 Å². The van der Waals surface area contributed by atoms with E-state index in [1.165, 1.54) is 24.0 Å². The Morgan fingerprint density at radius 3 is 1.77 bits per heavy atom. The molecule has 0 spiro atoms. The maximum atomic E-state index is 5.40. The number of ether oxygens (including phenoxy) is 2. The Kier molecular flexibility index (Phi) is 15.9. The molecule has 2 nitrogen and oxygen atoms in total. The molecule has 0 heterocycles. The number of benzene rings is 2. The predicted molar refractivity (Wildman–Crippen MR) is 133 cm³/mol. The lowest BCUT2D eigenvalue weighted by Gasteiger charge is -2.18. The van der Waals surface area contributed by atoms with Crippen molar-refractivity contribution in [1.82, 2.24) is 0 Å². The molecule has 2 aromatic carbocycles. The Labute approximate surface area is 185 Å². The number of hydrogen-bond donors (Lipinski definition) is 0. The van der Waals surface area contributed by atoms with E-state index in [9.17, 15) is 0 Å². The van der Waals surface area contributed by atoms with Gasteiger partial charge in [-0.25, -0.2) is 0 Å². The predicted octanol–water partition coefficient (Wildman–Crippen LogP) is 7.93. The average Bonchev–Trinajstić information content (AvgIpc) is 2.75. The fourth-order valence-corrected chi connectivity index (χ4v) is 3.27. The Morgan fingerprint density at radius 1 is 0.867 bits per heavy atom. The van der Waals surface area contributed by atoms with E-state index in [0.717, 1.165) is 36.2 Å². The molecule has 2 rings (SSSR count). The monoisotopic (exact) mass is 410 g/mol. The van der Waals surface area contributed by atoms with Gasteiger partial charge in [-0.05, 0) is 61.3 Å². The van der Waals surface area contributed by atoms with Crippen molar-refractivity contribution < 1.29 is 9.47 Å². The molecule has 1 unspecified atom stereocenters. The molecule has 0 aliphatic rings. The molecule has 2 heteroatoms. The van der Waals surface area contributed by atoms with Crippen molar-refractivity contribution in [2.24, 2.45) is 11.8 Å². The smallest absolute Gasteiger partial charge is 0.122 e. The Balaban J connectivity index is 0.000000521. The number of methoxy groups -OCH3 is 2. The van der Waals surface area contributed by atoms with Crippen LogP contribution in [0.1, 0.15) is 51.7 Å². The SMILES string of the molecule is C=CC.C=CCc1ccccc1OC.CCC(Cc1ccccc1OC)CC(C)C. The zero-order valence-electron chi connectivity index (χ0n) is 20.0. The molecule has 2 aromatic rings. The zero-order valence-corrected chi connectivity index (χ0v) is 20.0. The molecule has 0 saturated carbocycles. The molecule has 0 bridgehead atoms. The maximum absolute atomic E-state index is 5.40. The number of hydrogen-bond acceptors (Lipinski definition) is 2. The van der Waals surface area contributed by atoms with Gasteiger partial charge in [-0.3, -0.25) is 0 Å². The van der Waals surface area contributed by atoms with Gasteiger partial charge in [0.2, 0.25) is 0 Å². The molecule has 0 aliphatic heterocycles. The van der Waals surface area contributed by atoms with E-state index in [4.69, 9.17) is 9.47 Å². The molecular formula is C28H42O2. The summed E-state index contributed by atoms with van der Waals surface area (Å²) in [6, 6.07) is 16.3. The standard InChI is InChI=1S/C15H24O.C10H12O.C3H6/c1-5-13(10-12(2)3)11-14-8-6-7-9-15(14)16-4;1-3-6-9-7-4-5-8-10(9)11-2;1-3-2/h6-9,12-13H,5,10-11H2,1-4H3;3-5,7-8H,1,6H2,2H3;3H,1H2,2H3. The topological polar surface area (TPSA) is 18.5 Å². The fourth-order valence-electron chi connectivity index (χ4n) is 3.27. The lowest BCUT2D eigenvalue weighted by Crippen LogP contribution is -2.07. The summed E-state index contributed by atoms with van der Waals surface area (Å²) in [5.41, 5.74) is 2.53. The summed E-state index contributed by atoms with van der Waals surface area (Å²) in [5.74, 6) is 3.52. The summed E-state index contributed by atoms with van der Waals surface area (Å²) in [5, 5.41) is 0. The molecule has 0 aromatic heterocycles. The van der Waals surface area contributed by atoms with Gasteiger partial charge in [0.05, 0.1) is 14.2 Å². The van der Waals surface area contributed by atoms with Crippen molar-refractivity contribution in [3.05, 3.63) is 85.0 Å². The van der Waals surface area contributed by atoms with Crippen LogP contribution in [0, 0.1) is 11.8 Å². The number of para-hydroxylation sites is 2. The third kappa shape index (κ3) is 11.5. The van der Waals surface area contributed by atoms with E-state index in [1.54, 1.807) is 20.3 Å². The number of rotatable bonds is 9. The first-order chi connectivity index (χ1) is 14.5. The molecule has 1 atom stereocenters. The van der Waals surface area contributed by atoms with Gasteiger partial charge in [-0.2, -0.15) is 0 Å². The van der Waals surface area contributed by atoms with Crippen LogP contribution in [-0.2, 0) is 12.8 Å². The third-order valence-corrected chi connectivity index (χ3v) is 4.64. The van der Waals surface area contributed by atoms with Crippen LogP contribution in [-0.4, -0.2) is 14.2 Å². The van der Waals surface area contributed by atoms with Crippen molar-refractivity contribution in [2.75, 3.05) is 14.2 Å². The van der Waals surface area contributed by atoms with E-state index in [-0.39, 0.29) is 0 Å². The lowest BCUT2D eigenvalue weighted by atomic mass is 9.89. The largest absolute Gasteiger partial charge is 0.496 e. The highest BCUT2D eigenvalue weighted by Gasteiger charge is 2.12. The van der Waals surface area contributed by atoms with E-state index >= 15 is 0 Å². The zero-order chi connectivity index (χ0) is 22.8. The minimum atomic E-state index is 0.774. The van der Waals surface area contributed by atoms with Crippen molar-refractivity contribution in [2.45, 2.75) is 53.4 Å². The van der Waals surface area contributed by atoms with E-state index in [1.807, 2.05) is 43.3 Å². The quantitative estimate of drug-likeness (QED) is 0.391. The van der Waals surface area contributed by atoms with E-state index in [2.05, 4.69) is 52.1 Å².